The summed E-state index contributed by atoms with van der Waals surface area (Å²) < 4.78 is 7.36. The van der Waals surface area contributed by atoms with Crippen molar-refractivity contribution in [2.24, 2.45) is 0 Å². The molecule has 8 aromatic rings. The lowest BCUT2D eigenvalue weighted by molar-refractivity contribution is 0.670. The van der Waals surface area contributed by atoms with E-state index in [1.54, 1.807) is 0 Å². The van der Waals surface area contributed by atoms with Crippen LogP contribution in [0.15, 0.2) is 142 Å². The predicted molar refractivity (Wildman–Crippen MR) is 174 cm³/mol. The molecule has 42 heavy (non-hydrogen) atoms. The molecule has 0 saturated carbocycles. The predicted octanol–water partition coefficient (Wildman–Crippen LogP) is 10.4. The summed E-state index contributed by atoms with van der Waals surface area (Å²) in [5.41, 5.74) is 9.34. The summed E-state index contributed by atoms with van der Waals surface area (Å²) in [5.74, 6) is 0.659. The molecule has 3 heterocycles. The van der Waals surface area contributed by atoms with Gasteiger partial charge in [0.15, 0.2) is 5.82 Å². The number of furan rings is 1. The van der Waals surface area contributed by atoms with Crippen LogP contribution in [0.3, 0.4) is 0 Å². The molecule has 0 N–H and O–H groups in total. The van der Waals surface area contributed by atoms with Crippen molar-refractivity contribution >= 4 is 48.8 Å². The molecule has 198 valence electrons. The van der Waals surface area contributed by atoms with E-state index in [0.717, 1.165) is 76.5 Å². The normalized spacial score (nSPS) is 11.5. The minimum atomic E-state index is 0.659. The second kappa shape index (κ2) is 10.1. The molecule has 5 aromatic carbocycles. The van der Waals surface area contributed by atoms with Crippen molar-refractivity contribution in [3.63, 3.8) is 0 Å². The molecule has 0 aliphatic rings. The third-order valence-electron chi connectivity index (χ3n) is 7.59. The Morgan fingerprint density at radius 3 is 2.19 bits per heavy atom. The SMILES string of the molecule is Brc1cc(-c2cc(-c3cccc4c3oc3ccccc34)nc(-c3ccccc3)n2)cc(-c2cccc3ncccc23)c1. The van der Waals surface area contributed by atoms with Gasteiger partial charge in [-0.25, -0.2) is 9.97 Å². The lowest BCUT2D eigenvalue weighted by atomic mass is 9.97. The smallest absolute Gasteiger partial charge is 0.160 e. The number of hydrogen-bond acceptors (Lipinski definition) is 4. The van der Waals surface area contributed by atoms with Crippen LogP contribution in [0, 0.1) is 0 Å². The van der Waals surface area contributed by atoms with Gasteiger partial charge in [-0.15, -0.1) is 0 Å². The van der Waals surface area contributed by atoms with E-state index in [1.807, 2.05) is 66.9 Å². The number of hydrogen-bond donors (Lipinski definition) is 0. The van der Waals surface area contributed by atoms with Crippen LogP contribution in [0.2, 0.25) is 0 Å². The molecule has 0 bridgehead atoms. The second-order valence-electron chi connectivity index (χ2n) is 10.2. The van der Waals surface area contributed by atoms with Crippen LogP contribution in [0.4, 0.5) is 0 Å². The molecule has 8 rings (SSSR count). The molecule has 0 aliphatic heterocycles. The lowest BCUT2D eigenvalue weighted by Gasteiger charge is -2.12. The fourth-order valence-corrected chi connectivity index (χ4v) is 6.14. The topological polar surface area (TPSA) is 51.8 Å². The zero-order valence-electron chi connectivity index (χ0n) is 22.3. The molecule has 3 aromatic heterocycles. The summed E-state index contributed by atoms with van der Waals surface area (Å²) in [6.45, 7) is 0. The van der Waals surface area contributed by atoms with Crippen molar-refractivity contribution in [1.29, 1.82) is 0 Å². The number of benzene rings is 5. The lowest BCUT2D eigenvalue weighted by Crippen LogP contribution is -1.96. The van der Waals surface area contributed by atoms with Crippen LogP contribution in [-0.4, -0.2) is 15.0 Å². The first kappa shape index (κ1) is 24.6. The first-order chi connectivity index (χ1) is 20.7. The van der Waals surface area contributed by atoms with E-state index in [9.17, 15) is 0 Å². The standard InChI is InChI=1S/C37H22BrN3O/c38-26-20-24(27-12-7-16-32-28(27)15-8-18-39-32)19-25(21-26)33-22-34(41-37(40-33)23-9-2-1-3-10-23)31-14-6-13-30-29-11-4-5-17-35(29)42-36(30)31/h1-22H. The molecule has 0 fully saturated rings. The number of nitrogens with zero attached hydrogens (tertiary/aromatic N) is 3. The van der Waals surface area contributed by atoms with Gasteiger partial charge in [0.1, 0.15) is 11.2 Å². The molecular weight excluding hydrogens is 582 g/mol. The highest BCUT2D eigenvalue weighted by atomic mass is 79.9. The van der Waals surface area contributed by atoms with E-state index in [0.29, 0.717) is 5.82 Å². The monoisotopic (exact) mass is 603 g/mol. The first-order valence-corrected chi connectivity index (χ1v) is 14.5. The van der Waals surface area contributed by atoms with Crippen molar-refractivity contribution < 1.29 is 4.42 Å². The third kappa shape index (κ3) is 4.26. The maximum atomic E-state index is 6.39. The summed E-state index contributed by atoms with van der Waals surface area (Å²) in [6.07, 6.45) is 1.83. The van der Waals surface area contributed by atoms with Gasteiger partial charge in [0.25, 0.3) is 0 Å². The summed E-state index contributed by atoms with van der Waals surface area (Å²) in [6, 6.07) is 43.3. The number of para-hydroxylation sites is 2. The number of rotatable bonds is 4. The molecule has 0 atom stereocenters. The number of halogens is 1. The highest BCUT2D eigenvalue weighted by Crippen LogP contribution is 2.38. The Hall–Kier alpha value is -5.13. The van der Waals surface area contributed by atoms with E-state index < -0.39 is 0 Å². The van der Waals surface area contributed by atoms with E-state index in [-0.39, 0.29) is 0 Å². The van der Waals surface area contributed by atoms with Crippen LogP contribution >= 0.6 is 15.9 Å². The largest absolute Gasteiger partial charge is 0.455 e. The second-order valence-corrected chi connectivity index (χ2v) is 11.1. The Kier molecular flexibility index (Phi) is 5.90. The minimum Gasteiger partial charge on any atom is -0.455 e. The Bertz CT molecular complexity index is 2270. The van der Waals surface area contributed by atoms with Crippen molar-refractivity contribution in [2.45, 2.75) is 0 Å². The third-order valence-corrected chi connectivity index (χ3v) is 8.05. The minimum absolute atomic E-state index is 0.659. The fraction of sp³-hybridized carbons (Fsp3) is 0. The van der Waals surface area contributed by atoms with Crippen molar-refractivity contribution in [3.05, 3.63) is 138 Å². The van der Waals surface area contributed by atoms with Gasteiger partial charge in [0, 0.05) is 43.5 Å². The zero-order valence-corrected chi connectivity index (χ0v) is 23.9. The Labute approximate surface area is 250 Å². The fourth-order valence-electron chi connectivity index (χ4n) is 5.65. The van der Waals surface area contributed by atoms with Crippen LogP contribution in [-0.2, 0) is 0 Å². The van der Waals surface area contributed by atoms with Gasteiger partial charge in [-0.05, 0) is 59.7 Å². The van der Waals surface area contributed by atoms with Crippen LogP contribution in [0.5, 0.6) is 0 Å². The van der Waals surface area contributed by atoms with Crippen molar-refractivity contribution in [1.82, 2.24) is 15.0 Å². The number of fused-ring (bicyclic) bond motifs is 4. The van der Waals surface area contributed by atoms with Crippen LogP contribution < -0.4 is 0 Å². The number of pyridine rings is 1. The average molecular weight is 605 g/mol. The van der Waals surface area contributed by atoms with Crippen LogP contribution in [0.1, 0.15) is 0 Å². The first-order valence-electron chi connectivity index (χ1n) is 13.7. The van der Waals surface area contributed by atoms with Gasteiger partial charge in [0.05, 0.1) is 16.9 Å². The Balaban J connectivity index is 1.36. The zero-order chi connectivity index (χ0) is 28.0. The summed E-state index contributed by atoms with van der Waals surface area (Å²) in [7, 11) is 0. The molecule has 0 saturated heterocycles. The van der Waals surface area contributed by atoms with Crippen LogP contribution in [0.25, 0.3) is 77.9 Å². The molecule has 5 heteroatoms. The molecule has 0 aliphatic carbocycles. The van der Waals surface area contributed by atoms with E-state index in [4.69, 9.17) is 14.4 Å². The highest BCUT2D eigenvalue weighted by Gasteiger charge is 2.17. The van der Waals surface area contributed by atoms with Gasteiger partial charge in [0.2, 0.25) is 0 Å². The maximum Gasteiger partial charge on any atom is 0.160 e. The van der Waals surface area contributed by atoms with Crippen molar-refractivity contribution in [2.75, 3.05) is 0 Å². The van der Waals surface area contributed by atoms with Gasteiger partial charge < -0.3 is 4.42 Å². The van der Waals surface area contributed by atoms with E-state index in [2.05, 4.69) is 87.6 Å². The van der Waals surface area contributed by atoms with Crippen molar-refractivity contribution in [3.8, 4) is 45.0 Å². The highest BCUT2D eigenvalue weighted by molar-refractivity contribution is 9.10. The summed E-state index contributed by atoms with van der Waals surface area (Å²) in [4.78, 5) is 14.7. The van der Waals surface area contributed by atoms with Gasteiger partial charge >= 0.3 is 0 Å². The van der Waals surface area contributed by atoms with Gasteiger partial charge in [-0.2, -0.15) is 0 Å². The average Bonchev–Trinajstić information content (AvgIpc) is 3.43. The van der Waals surface area contributed by atoms with E-state index >= 15 is 0 Å². The molecule has 4 nitrogen and oxygen atoms in total. The van der Waals surface area contributed by atoms with Gasteiger partial charge in [-0.3, -0.25) is 4.98 Å². The van der Waals surface area contributed by atoms with E-state index in [1.165, 1.54) is 0 Å². The molecular formula is C37H22BrN3O. The molecule has 0 amide bonds. The summed E-state index contributed by atoms with van der Waals surface area (Å²) >= 11 is 3.78. The maximum absolute atomic E-state index is 6.39. The Morgan fingerprint density at radius 2 is 1.26 bits per heavy atom. The molecule has 0 unspecified atom stereocenters. The molecule has 0 radical (unpaired) electrons. The molecule has 0 spiro atoms. The quantitative estimate of drug-likeness (QED) is 0.201. The Morgan fingerprint density at radius 1 is 0.524 bits per heavy atom. The summed E-state index contributed by atoms with van der Waals surface area (Å²) in [5, 5.41) is 3.26. The number of aromatic nitrogens is 3. The van der Waals surface area contributed by atoms with Gasteiger partial charge in [-0.1, -0.05) is 94.8 Å².